The molecule has 2 aromatic carbocycles. The molecule has 0 radical (unpaired) electrons. The molecule has 0 aliphatic carbocycles. The molecule has 0 unspecified atom stereocenters. The molecule has 0 aromatic heterocycles. The lowest BCUT2D eigenvalue weighted by Gasteiger charge is -2.30. The van der Waals surface area contributed by atoms with Crippen molar-refractivity contribution in [2.75, 3.05) is 18.5 Å². The van der Waals surface area contributed by atoms with Crippen LogP contribution in [0.5, 0.6) is 0 Å². The summed E-state index contributed by atoms with van der Waals surface area (Å²) in [5.41, 5.74) is 9.93. The minimum absolute atomic E-state index is 1.17. The lowest BCUT2D eigenvalue weighted by Crippen LogP contribution is -2.25. The first-order valence-corrected chi connectivity index (χ1v) is 7.49. The fourth-order valence-electron chi connectivity index (χ4n) is 3.45. The minimum Gasteiger partial charge on any atom is -0.374 e. The van der Waals surface area contributed by atoms with E-state index in [1.165, 1.54) is 58.5 Å². The van der Waals surface area contributed by atoms with E-state index in [9.17, 15) is 0 Å². The zero-order valence-electron chi connectivity index (χ0n) is 13.0. The Kier molecular flexibility index (Phi) is 3.29. The molecular weight excluding hydrogens is 242 g/mol. The highest BCUT2D eigenvalue weighted by Crippen LogP contribution is 2.38. The Bertz CT molecular complexity index is 655. The Morgan fingerprint density at radius 2 is 1.75 bits per heavy atom. The average molecular weight is 265 g/mol. The summed E-state index contributed by atoms with van der Waals surface area (Å²) in [7, 11) is 2.21. The van der Waals surface area contributed by atoms with Crippen LogP contribution in [0.4, 0.5) is 5.69 Å². The number of nitrogens with zero attached hydrogens (tertiary/aromatic N) is 1. The van der Waals surface area contributed by atoms with Gasteiger partial charge in [-0.2, -0.15) is 0 Å². The first-order valence-electron chi connectivity index (χ1n) is 7.49. The van der Waals surface area contributed by atoms with Gasteiger partial charge in [0.2, 0.25) is 0 Å². The van der Waals surface area contributed by atoms with E-state index in [1.807, 2.05) is 0 Å². The largest absolute Gasteiger partial charge is 0.374 e. The van der Waals surface area contributed by atoms with Crippen molar-refractivity contribution in [3.8, 4) is 11.1 Å². The number of hydrogen-bond acceptors (Lipinski definition) is 1. The second-order valence-electron chi connectivity index (χ2n) is 6.10. The van der Waals surface area contributed by atoms with Crippen molar-refractivity contribution in [1.82, 2.24) is 0 Å². The van der Waals surface area contributed by atoms with Gasteiger partial charge < -0.3 is 4.90 Å². The molecule has 0 atom stereocenters. The molecule has 0 bridgehead atoms. The minimum atomic E-state index is 1.17. The van der Waals surface area contributed by atoms with Gasteiger partial charge in [-0.15, -0.1) is 0 Å². The Morgan fingerprint density at radius 1 is 0.950 bits per heavy atom. The van der Waals surface area contributed by atoms with Crippen molar-refractivity contribution in [2.45, 2.75) is 33.6 Å². The van der Waals surface area contributed by atoms with E-state index >= 15 is 0 Å². The third kappa shape index (κ3) is 2.11. The molecule has 2 aromatic rings. The first-order chi connectivity index (χ1) is 9.58. The molecule has 20 heavy (non-hydrogen) atoms. The molecule has 0 amide bonds. The molecule has 104 valence electrons. The lowest BCUT2D eigenvalue weighted by atomic mass is 9.87. The van der Waals surface area contributed by atoms with Crippen LogP contribution in [-0.2, 0) is 6.42 Å². The quantitative estimate of drug-likeness (QED) is 0.724. The Morgan fingerprint density at radius 3 is 2.50 bits per heavy atom. The highest BCUT2D eigenvalue weighted by molar-refractivity contribution is 5.80. The molecule has 0 fully saturated rings. The van der Waals surface area contributed by atoms with E-state index in [-0.39, 0.29) is 0 Å². The molecule has 1 heterocycles. The van der Waals surface area contributed by atoms with Crippen molar-refractivity contribution in [1.29, 1.82) is 0 Å². The second kappa shape index (κ2) is 4.97. The van der Waals surface area contributed by atoms with Crippen LogP contribution in [0.25, 0.3) is 11.1 Å². The number of benzene rings is 2. The highest BCUT2D eigenvalue weighted by atomic mass is 15.1. The van der Waals surface area contributed by atoms with E-state index < -0.39 is 0 Å². The van der Waals surface area contributed by atoms with E-state index in [2.05, 4.69) is 63.1 Å². The van der Waals surface area contributed by atoms with Crippen molar-refractivity contribution in [2.24, 2.45) is 0 Å². The number of anilines is 1. The van der Waals surface area contributed by atoms with Crippen molar-refractivity contribution >= 4 is 5.69 Å². The average Bonchev–Trinajstić information content (AvgIpc) is 2.40. The summed E-state index contributed by atoms with van der Waals surface area (Å²) >= 11 is 0. The number of hydrogen-bond donors (Lipinski definition) is 0. The number of rotatable bonds is 1. The fourth-order valence-corrected chi connectivity index (χ4v) is 3.45. The fraction of sp³-hybridized carbons (Fsp3) is 0.368. The molecule has 1 nitrogen and oxygen atoms in total. The van der Waals surface area contributed by atoms with Gasteiger partial charge in [0.25, 0.3) is 0 Å². The van der Waals surface area contributed by atoms with Crippen LogP contribution < -0.4 is 4.90 Å². The van der Waals surface area contributed by atoms with E-state index in [1.54, 1.807) is 0 Å². The van der Waals surface area contributed by atoms with Gasteiger partial charge >= 0.3 is 0 Å². The number of fused-ring (bicyclic) bond motifs is 1. The van der Waals surface area contributed by atoms with Crippen LogP contribution in [0, 0.1) is 20.8 Å². The van der Waals surface area contributed by atoms with Crippen LogP contribution in [0.2, 0.25) is 0 Å². The zero-order chi connectivity index (χ0) is 14.3. The van der Waals surface area contributed by atoms with Crippen LogP contribution in [0.1, 0.15) is 28.7 Å². The smallest absolute Gasteiger partial charge is 0.0402 e. The molecule has 3 rings (SSSR count). The lowest BCUT2D eigenvalue weighted by molar-refractivity contribution is 0.745. The maximum Gasteiger partial charge on any atom is 0.0402 e. The summed E-state index contributed by atoms with van der Waals surface area (Å²) in [6.45, 7) is 7.80. The van der Waals surface area contributed by atoms with Crippen LogP contribution in [-0.4, -0.2) is 13.6 Å². The second-order valence-corrected chi connectivity index (χ2v) is 6.10. The molecule has 0 spiro atoms. The molecule has 0 saturated heterocycles. The topological polar surface area (TPSA) is 3.24 Å². The predicted octanol–water partition coefficient (Wildman–Crippen LogP) is 4.66. The monoisotopic (exact) mass is 265 g/mol. The molecule has 1 heteroatoms. The van der Waals surface area contributed by atoms with Gasteiger partial charge in [0.15, 0.2) is 0 Å². The molecule has 0 saturated carbocycles. The first kappa shape index (κ1) is 13.2. The molecule has 0 N–H and O–H groups in total. The molecule has 1 aliphatic heterocycles. The summed E-state index contributed by atoms with van der Waals surface area (Å²) in [4.78, 5) is 2.39. The summed E-state index contributed by atoms with van der Waals surface area (Å²) in [6, 6.07) is 11.4. The molecule has 1 aliphatic rings. The standard InChI is InChI=1S/C19H23N/c1-13-7-9-16(15(3)12-13)19-14(2)8-10-18-17(19)6-5-11-20(18)4/h7-10,12H,5-6,11H2,1-4H3. The molecular formula is C19H23N. The summed E-state index contributed by atoms with van der Waals surface area (Å²) in [5.74, 6) is 0. The van der Waals surface area contributed by atoms with Gasteiger partial charge in [-0.1, -0.05) is 29.8 Å². The Labute approximate surface area is 122 Å². The zero-order valence-corrected chi connectivity index (χ0v) is 13.0. The maximum absolute atomic E-state index is 2.39. The predicted molar refractivity (Wildman–Crippen MR) is 87.7 cm³/mol. The number of aryl methyl sites for hydroxylation is 3. The summed E-state index contributed by atoms with van der Waals surface area (Å²) in [6.07, 6.45) is 2.45. The summed E-state index contributed by atoms with van der Waals surface area (Å²) < 4.78 is 0. The van der Waals surface area contributed by atoms with Crippen molar-refractivity contribution in [3.63, 3.8) is 0 Å². The van der Waals surface area contributed by atoms with Gasteiger partial charge in [0, 0.05) is 19.3 Å². The Balaban J connectivity index is 2.25. The maximum atomic E-state index is 2.39. The Hall–Kier alpha value is -1.76. The van der Waals surface area contributed by atoms with Gasteiger partial charge in [0.05, 0.1) is 0 Å². The van der Waals surface area contributed by atoms with Gasteiger partial charge in [-0.3, -0.25) is 0 Å². The van der Waals surface area contributed by atoms with E-state index in [0.29, 0.717) is 0 Å². The van der Waals surface area contributed by atoms with Gasteiger partial charge in [-0.25, -0.2) is 0 Å². The van der Waals surface area contributed by atoms with Crippen LogP contribution in [0.15, 0.2) is 30.3 Å². The van der Waals surface area contributed by atoms with E-state index in [0.717, 1.165) is 0 Å². The third-order valence-corrected chi connectivity index (χ3v) is 4.48. The highest BCUT2D eigenvalue weighted by Gasteiger charge is 2.19. The van der Waals surface area contributed by atoms with Crippen molar-refractivity contribution in [3.05, 3.63) is 52.6 Å². The van der Waals surface area contributed by atoms with Crippen LogP contribution >= 0.6 is 0 Å². The SMILES string of the molecule is Cc1ccc(-c2c(C)ccc3c2CCCN3C)c(C)c1. The summed E-state index contributed by atoms with van der Waals surface area (Å²) in [5, 5.41) is 0. The third-order valence-electron chi connectivity index (χ3n) is 4.48. The normalized spacial score (nSPS) is 14.3. The van der Waals surface area contributed by atoms with Crippen LogP contribution in [0.3, 0.4) is 0 Å². The van der Waals surface area contributed by atoms with Gasteiger partial charge in [0.1, 0.15) is 0 Å². The van der Waals surface area contributed by atoms with E-state index in [4.69, 9.17) is 0 Å². The van der Waals surface area contributed by atoms with Gasteiger partial charge in [-0.05, 0) is 67.5 Å². The van der Waals surface area contributed by atoms with Crippen molar-refractivity contribution < 1.29 is 0 Å².